The Morgan fingerprint density at radius 3 is 2.32 bits per heavy atom. The van der Waals surface area contributed by atoms with Crippen LogP contribution in [0.5, 0.6) is 0 Å². The van der Waals surface area contributed by atoms with Gasteiger partial charge in [-0.2, -0.15) is 13.2 Å². The highest BCUT2D eigenvalue weighted by Gasteiger charge is 2.42. The zero-order valence-electron chi connectivity index (χ0n) is 15.6. The molecule has 28 heavy (non-hydrogen) atoms. The summed E-state index contributed by atoms with van der Waals surface area (Å²) in [5.74, 6) is -2.30. The van der Waals surface area contributed by atoms with Crippen molar-refractivity contribution in [3.8, 4) is 0 Å². The number of ketones is 1. The Morgan fingerprint density at radius 1 is 1.00 bits per heavy atom. The number of rotatable bonds is 4. The van der Waals surface area contributed by atoms with Crippen molar-refractivity contribution in [2.45, 2.75) is 33.5 Å². The summed E-state index contributed by atoms with van der Waals surface area (Å²) in [6.07, 6.45) is -4.98. The highest BCUT2D eigenvalue weighted by atomic mass is 19.4. The number of hydrogen-bond donors (Lipinski definition) is 1. The van der Waals surface area contributed by atoms with Gasteiger partial charge in [0.15, 0.2) is 0 Å². The Balaban J connectivity index is 1.97. The maximum Gasteiger partial charge on any atom is 0.454 e. The van der Waals surface area contributed by atoms with Gasteiger partial charge in [-0.05, 0) is 50.1 Å². The molecular formula is C21H19F3N2O2. The maximum absolute atomic E-state index is 13.0. The van der Waals surface area contributed by atoms with E-state index in [0.29, 0.717) is 11.2 Å². The van der Waals surface area contributed by atoms with Crippen LogP contribution in [0.3, 0.4) is 0 Å². The number of carbonyl (C=O) groups is 2. The molecule has 0 aliphatic rings. The van der Waals surface area contributed by atoms with Crippen molar-refractivity contribution < 1.29 is 22.8 Å². The number of benzene rings is 2. The van der Waals surface area contributed by atoms with Gasteiger partial charge in [-0.15, -0.1) is 0 Å². The number of fused-ring (bicyclic) bond motifs is 1. The lowest BCUT2D eigenvalue weighted by Crippen LogP contribution is -2.24. The van der Waals surface area contributed by atoms with E-state index in [0.717, 1.165) is 11.1 Å². The Labute approximate surface area is 160 Å². The van der Waals surface area contributed by atoms with Gasteiger partial charge in [-0.3, -0.25) is 9.59 Å². The summed E-state index contributed by atoms with van der Waals surface area (Å²) in [6, 6.07) is 11.7. The zero-order valence-corrected chi connectivity index (χ0v) is 15.6. The van der Waals surface area contributed by atoms with Crippen LogP contribution in [0.25, 0.3) is 10.9 Å². The second-order valence-electron chi connectivity index (χ2n) is 6.74. The van der Waals surface area contributed by atoms with Crippen LogP contribution in [0.4, 0.5) is 18.9 Å². The minimum atomic E-state index is -4.98. The van der Waals surface area contributed by atoms with Gasteiger partial charge in [-0.25, -0.2) is 0 Å². The molecule has 0 aliphatic carbocycles. The predicted molar refractivity (Wildman–Crippen MR) is 102 cm³/mol. The smallest absolute Gasteiger partial charge is 0.335 e. The molecule has 0 fully saturated rings. The molecule has 1 N–H and O–H groups in total. The van der Waals surface area contributed by atoms with Crippen molar-refractivity contribution in [1.29, 1.82) is 0 Å². The summed E-state index contributed by atoms with van der Waals surface area (Å²) < 4.78 is 40.5. The van der Waals surface area contributed by atoms with Crippen molar-refractivity contribution >= 4 is 28.3 Å². The van der Waals surface area contributed by atoms with Gasteiger partial charge in [0, 0.05) is 22.3 Å². The summed E-state index contributed by atoms with van der Waals surface area (Å²) in [4.78, 5) is 24.4. The van der Waals surface area contributed by atoms with Crippen molar-refractivity contribution in [2.24, 2.45) is 0 Å². The lowest BCUT2D eigenvalue weighted by atomic mass is 10.1. The molecule has 146 valence electrons. The minimum Gasteiger partial charge on any atom is -0.335 e. The summed E-state index contributed by atoms with van der Waals surface area (Å²) in [5.41, 5.74) is 2.80. The summed E-state index contributed by atoms with van der Waals surface area (Å²) >= 11 is 0. The maximum atomic E-state index is 13.0. The van der Waals surface area contributed by atoms with Gasteiger partial charge < -0.3 is 9.88 Å². The number of carbonyl (C=O) groups excluding carboxylic acids is 2. The number of amides is 1. The molecule has 7 heteroatoms. The minimum absolute atomic E-state index is 0.110. The van der Waals surface area contributed by atoms with Gasteiger partial charge >= 0.3 is 6.18 Å². The Morgan fingerprint density at radius 2 is 1.68 bits per heavy atom. The van der Waals surface area contributed by atoms with Crippen LogP contribution < -0.4 is 5.32 Å². The molecule has 0 aliphatic heterocycles. The third-order valence-electron chi connectivity index (χ3n) is 4.81. The second-order valence-corrected chi connectivity index (χ2v) is 6.74. The van der Waals surface area contributed by atoms with E-state index < -0.39 is 23.4 Å². The van der Waals surface area contributed by atoms with Crippen LogP contribution in [0.2, 0.25) is 0 Å². The summed E-state index contributed by atoms with van der Waals surface area (Å²) in [5, 5.41) is 2.93. The lowest BCUT2D eigenvalue weighted by molar-refractivity contribution is -0.116. The lowest BCUT2D eigenvalue weighted by Gasteiger charge is -2.11. The van der Waals surface area contributed by atoms with Crippen molar-refractivity contribution in [3.05, 3.63) is 64.8 Å². The average molecular weight is 388 g/mol. The molecular weight excluding hydrogens is 369 g/mol. The third-order valence-corrected chi connectivity index (χ3v) is 4.81. The number of nitrogens with zero attached hydrogens (tertiary/aromatic N) is 1. The second kappa shape index (κ2) is 7.14. The van der Waals surface area contributed by atoms with Gasteiger partial charge in [0.05, 0.1) is 5.56 Å². The summed E-state index contributed by atoms with van der Waals surface area (Å²) in [6.45, 7) is 5.09. The van der Waals surface area contributed by atoms with Crippen LogP contribution in [0, 0.1) is 20.8 Å². The average Bonchev–Trinajstić information content (AvgIpc) is 2.89. The van der Waals surface area contributed by atoms with Crippen LogP contribution in [-0.2, 0) is 11.3 Å². The number of nitrogens with one attached hydrogen (secondary N) is 1. The molecule has 3 aromatic rings. The number of hydrogen-bond acceptors (Lipinski definition) is 2. The molecule has 0 unspecified atom stereocenters. The molecule has 0 saturated heterocycles. The number of aryl methyl sites for hydroxylation is 2. The first-order chi connectivity index (χ1) is 13.1. The normalized spacial score (nSPS) is 11.6. The summed E-state index contributed by atoms with van der Waals surface area (Å²) in [7, 11) is 0. The van der Waals surface area contributed by atoms with E-state index in [2.05, 4.69) is 5.32 Å². The predicted octanol–water partition coefficient (Wildman–Crippen LogP) is 4.95. The molecule has 0 saturated carbocycles. The molecule has 4 nitrogen and oxygen atoms in total. The first-order valence-electron chi connectivity index (χ1n) is 8.66. The quantitative estimate of drug-likeness (QED) is 0.643. The van der Waals surface area contributed by atoms with E-state index in [-0.39, 0.29) is 17.6 Å². The highest BCUT2D eigenvalue weighted by Crippen LogP contribution is 2.31. The number of aromatic nitrogens is 1. The van der Waals surface area contributed by atoms with Crippen molar-refractivity contribution in [2.75, 3.05) is 5.32 Å². The van der Waals surface area contributed by atoms with Crippen LogP contribution >= 0.6 is 0 Å². The Kier molecular flexibility index (Phi) is 5.02. The fraction of sp³-hybridized carbons (Fsp3) is 0.238. The van der Waals surface area contributed by atoms with E-state index >= 15 is 0 Å². The van der Waals surface area contributed by atoms with E-state index in [1.54, 1.807) is 24.3 Å². The van der Waals surface area contributed by atoms with E-state index in [1.165, 1.54) is 17.6 Å². The first-order valence-corrected chi connectivity index (χ1v) is 8.66. The number of anilines is 1. The molecule has 0 radical (unpaired) electrons. The van der Waals surface area contributed by atoms with Gasteiger partial charge in [-0.1, -0.05) is 24.3 Å². The van der Waals surface area contributed by atoms with Crippen LogP contribution in [0.15, 0.2) is 42.5 Å². The number of halogens is 3. The van der Waals surface area contributed by atoms with Crippen LogP contribution in [-0.4, -0.2) is 22.4 Å². The molecule has 0 spiro atoms. The Hall–Kier alpha value is -3.09. The van der Waals surface area contributed by atoms with E-state index in [1.807, 2.05) is 26.0 Å². The monoisotopic (exact) mass is 388 g/mol. The standard InChI is InChI=1S/C21H19F3N2O2/c1-12-8-9-15(10-13(12)2)25-18(27)11-26-14(3)19(20(28)21(22,23)24)16-6-4-5-7-17(16)26/h4-10H,11H2,1-3H3,(H,25,27). The topological polar surface area (TPSA) is 51.1 Å². The molecule has 2 aromatic carbocycles. The molecule has 3 rings (SSSR count). The largest absolute Gasteiger partial charge is 0.454 e. The van der Waals surface area contributed by atoms with E-state index in [4.69, 9.17) is 0 Å². The van der Waals surface area contributed by atoms with Gasteiger partial charge in [0.1, 0.15) is 6.54 Å². The Bertz CT molecular complexity index is 1080. The highest BCUT2D eigenvalue weighted by molar-refractivity contribution is 6.12. The van der Waals surface area contributed by atoms with Crippen LogP contribution in [0.1, 0.15) is 27.2 Å². The fourth-order valence-electron chi connectivity index (χ4n) is 3.23. The molecule has 0 atom stereocenters. The van der Waals surface area contributed by atoms with Gasteiger partial charge in [0.25, 0.3) is 5.78 Å². The third kappa shape index (κ3) is 3.65. The van der Waals surface area contributed by atoms with E-state index in [9.17, 15) is 22.8 Å². The van der Waals surface area contributed by atoms with Gasteiger partial charge in [0.2, 0.25) is 5.91 Å². The molecule has 1 aromatic heterocycles. The number of alkyl halides is 3. The molecule has 0 bridgehead atoms. The molecule has 1 amide bonds. The first kappa shape index (κ1) is 19.7. The zero-order chi connectivity index (χ0) is 20.6. The van der Waals surface area contributed by atoms with Crippen molar-refractivity contribution in [3.63, 3.8) is 0 Å². The number of para-hydroxylation sites is 1. The number of Topliss-reactive ketones (excluding diaryl/α,β-unsaturated/α-hetero) is 1. The van der Waals surface area contributed by atoms with Crippen molar-refractivity contribution in [1.82, 2.24) is 4.57 Å². The molecule has 1 heterocycles. The SMILES string of the molecule is Cc1ccc(NC(=O)Cn2c(C)c(C(=O)C(F)(F)F)c3ccccc32)cc1C. The fourth-order valence-corrected chi connectivity index (χ4v) is 3.23.